The summed E-state index contributed by atoms with van der Waals surface area (Å²) in [5, 5.41) is 17.1. The van der Waals surface area contributed by atoms with E-state index >= 15 is 0 Å². The van der Waals surface area contributed by atoms with Crippen LogP contribution in [0.1, 0.15) is 76.7 Å². The molecule has 3 unspecified atom stereocenters. The second-order valence-corrected chi connectivity index (χ2v) is 12.4. The van der Waals surface area contributed by atoms with Crippen LogP contribution in [0.15, 0.2) is 47.5 Å². The molecule has 2 aromatic carbocycles. The Kier molecular flexibility index (Phi) is 20.4. The van der Waals surface area contributed by atoms with Crippen LogP contribution in [0.25, 0.3) is 0 Å². The second kappa shape index (κ2) is 22.7. The zero-order chi connectivity index (χ0) is 36.0. The number of likely N-dealkylation sites (tertiary alicyclic amines) is 1. The molecule has 0 aliphatic carbocycles. The molecule has 12 heteroatoms. The van der Waals surface area contributed by atoms with Crippen LogP contribution in [0.3, 0.4) is 0 Å². The Labute approximate surface area is 279 Å². The predicted octanol–water partition coefficient (Wildman–Crippen LogP) is 4.83. The molecule has 1 aliphatic heterocycles. The van der Waals surface area contributed by atoms with Gasteiger partial charge in [0.05, 0.1) is 11.8 Å². The quantitative estimate of drug-likeness (QED) is 0.162. The monoisotopic (exact) mass is 653 g/mol. The number of carbonyl (C=O) groups is 4. The number of anilines is 2. The minimum atomic E-state index is -0.724. The highest BCUT2D eigenvalue weighted by atomic mass is 19.1. The topological polar surface area (TPSA) is 170 Å². The fourth-order valence-corrected chi connectivity index (χ4v) is 3.88. The van der Waals surface area contributed by atoms with Crippen molar-refractivity contribution in [3.05, 3.63) is 59.4 Å². The molecule has 1 fully saturated rings. The van der Waals surface area contributed by atoms with Gasteiger partial charge in [0.25, 0.3) is 5.91 Å². The maximum absolute atomic E-state index is 14.1. The molecule has 5 N–H and O–H groups in total. The number of nitrogen functional groups attached to an aromatic ring is 1. The molecule has 258 valence electrons. The van der Waals surface area contributed by atoms with E-state index in [-0.39, 0.29) is 36.0 Å². The van der Waals surface area contributed by atoms with E-state index in [4.69, 9.17) is 10.5 Å². The summed E-state index contributed by atoms with van der Waals surface area (Å²) >= 11 is 0. The van der Waals surface area contributed by atoms with Crippen LogP contribution >= 0.6 is 0 Å². The number of nitriles is 1. The van der Waals surface area contributed by atoms with Gasteiger partial charge in [-0.2, -0.15) is 5.26 Å². The summed E-state index contributed by atoms with van der Waals surface area (Å²) in [5.74, 6) is -1.95. The van der Waals surface area contributed by atoms with Crippen LogP contribution in [0.5, 0.6) is 0 Å². The van der Waals surface area contributed by atoms with Crippen LogP contribution in [0.4, 0.5) is 15.8 Å². The molecule has 47 heavy (non-hydrogen) atoms. The van der Waals surface area contributed by atoms with Crippen LogP contribution < -0.4 is 21.7 Å². The molecular weight excluding hydrogens is 601 g/mol. The van der Waals surface area contributed by atoms with Crippen molar-refractivity contribution >= 4 is 42.1 Å². The molecule has 2 aromatic rings. The first kappa shape index (κ1) is 42.2. The molecule has 1 heterocycles. The maximum Gasteiger partial charge on any atom is 0.251 e. The first-order valence-electron chi connectivity index (χ1n) is 15.5. The van der Waals surface area contributed by atoms with E-state index in [1.807, 2.05) is 50.4 Å². The summed E-state index contributed by atoms with van der Waals surface area (Å²) in [4.78, 5) is 50.6. The smallest absolute Gasteiger partial charge is 0.251 e. The van der Waals surface area contributed by atoms with Crippen molar-refractivity contribution in [2.75, 3.05) is 38.2 Å². The number of nitrogens with one attached hydrogen (secondary N) is 3. The number of aliphatic imine (C=N–C) groups is 1. The molecule has 3 amide bonds. The zero-order valence-electron chi connectivity index (χ0n) is 29.0. The van der Waals surface area contributed by atoms with Crippen molar-refractivity contribution in [3.8, 4) is 6.07 Å². The molecule has 3 atom stereocenters. The molecule has 3 rings (SSSR count). The zero-order valence-corrected chi connectivity index (χ0v) is 29.0. The van der Waals surface area contributed by atoms with Gasteiger partial charge in [0, 0.05) is 68.6 Å². The molecule has 11 nitrogen and oxygen atoms in total. The summed E-state index contributed by atoms with van der Waals surface area (Å²) in [6.45, 7) is 13.1. The van der Waals surface area contributed by atoms with Gasteiger partial charge in [0.15, 0.2) is 0 Å². The van der Waals surface area contributed by atoms with Crippen LogP contribution in [0.2, 0.25) is 0 Å². The number of carbonyl (C=O) groups excluding carboxylic acids is 4. The fourth-order valence-electron chi connectivity index (χ4n) is 3.88. The number of nitrogens with zero attached hydrogens (tertiary/aromatic N) is 3. The van der Waals surface area contributed by atoms with E-state index in [1.165, 1.54) is 17.2 Å². The molecule has 0 spiro atoms. The first-order chi connectivity index (χ1) is 22.1. The summed E-state index contributed by atoms with van der Waals surface area (Å²) in [5.41, 5.74) is 7.67. The number of para-hydroxylation sites is 1. The number of hydrogen-bond acceptors (Lipinski definition) is 8. The predicted molar refractivity (Wildman–Crippen MR) is 187 cm³/mol. The first-order valence-corrected chi connectivity index (χ1v) is 15.5. The van der Waals surface area contributed by atoms with Gasteiger partial charge in [-0.15, -0.1) is 0 Å². The number of nitrogens with two attached hydrogens (primary N) is 1. The standard InChI is InChI=1S/C21H26FN5O3.C7H9N.C5H12.C2H5NO/c1-3-4-25-10-16-7-15(8-18(22)20(16)24)21(30)26-13(2)5-19(29)27-11-14(12-28)6-17(27)9-23;1-8-7-5-3-2-4-6-7;1-5(2,3)4;1-3-2-4/h7-8,10,12-14,17H,3-6,11,24H2,1-2H3,(H,26,30);2-6,8H,1H3;1-4H3;2H,1H3,(H,3,4). The number of rotatable bonds is 10. The van der Waals surface area contributed by atoms with Crippen molar-refractivity contribution < 1.29 is 23.6 Å². The average Bonchev–Trinajstić information content (AvgIpc) is 3.47. The number of amides is 3. The number of hydrogen-bond donors (Lipinski definition) is 4. The van der Waals surface area contributed by atoms with Gasteiger partial charge in [-0.25, -0.2) is 4.39 Å². The summed E-state index contributed by atoms with van der Waals surface area (Å²) in [7, 11) is 3.47. The van der Waals surface area contributed by atoms with Crippen molar-refractivity contribution in [1.82, 2.24) is 15.5 Å². The lowest BCUT2D eigenvalue weighted by molar-refractivity contribution is -0.131. The lowest BCUT2D eigenvalue weighted by atomic mass is 10.0. The van der Waals surface area contributed by atoms with Gasteiger partial charge in [-0.1, -0.05) is 52.8 Å². The van der Waals surface area contributed by atoms with Crippen LogP contribution in [0, 0.1) is 28.5 Å². The van der Waals surface area contributed by atoms with Crippen molar-refractivity contribution in [1.29, 1.82) is 5.26 Å². The van der Waals surface area contributed by atoms with E-state index in [0.29, 0.717) is 30.4 Å². The van der Waals surface area contributed by atoms with Crippen LogP contribution in [-0.4, -0.2) is 74.9 Å². The third kappa shape index (κ3) is 18.1. The number of halogens is 1. The van der Waals surface area contributed by atoms with E-state index < -0.39 is 23.8 Å². The highest BCUT2D eigenvalue weighted by molar-refractivity contribution is 5.98. The SMILES string of the molecule is CC(C)(C)C.CCCN=Cc1cc(C(=O)NC(C)CC(=O)N2CC(C=O)CC2C#N)cc(F)c1N.CNC=O.CNc1ccccc1. The molecule has 0 aromatic heterocycles. The fraction of sp³-hybridized carbons (Fsp3) is 0.486. The molecule has 0 radical (unpaired) electrons. The summed E-state index contributed by atoms with van der Waals surface area (Å²) < 4.78 is 14.1. The van der Waals surface area contributed by atoms with E-state index in [9.17, 15) is 24.0 Å². The second-order valence-electron chi connectivity index (χ2n) is 12.4. The molecule has 1 saturated heterocycles. The lowest BCUT2D eigenvalue weighted by Gasteiger charge is -2.22. The Morgan fingerprint density at radius 2 is 1.77 bits per heavy atom. The van der Waals surface area contributed by atoms with Gasteiger partial charge < -0.3 is 31.4 Å². The highest BCUT2D eigenvalue weighted by Crippen LogP contribution is 2.23. The van der Waals surface area contributed by atoms with Crippen molar-refractivity contribution in [2.24, 2.45) is 16.3 Å². The van der Waals surface area contributed by atoms with E-state index in [2.05, 4.69) is 48.6 Å². The Morgan fingerprint density at radius 3 is 2.23 bits per heavy atom. The third-order valence-corrected chi connectivity index (χ3v) is 6.04. The van der Waals surface area contributed by atoms with Crippen molar-refractivity contribution in [2.45, 2.75) is 72.9 Å². The number of benzene rings is 2. The van der Waals surface area contributed by atoms with Gasteiger partial charge >= 0.3 is 0 Å². The van der Waals surface area contributed by atoms with Gasteiger partial charge in [-0.3, -0.25) is 19.4 Å². The van der Waals surface area contributed by atoms with Gasteiger partial charge in [0.1, 0.15) is 18.1 Å². The van der Waals surface area contributed by atoms with Gasteiger partial charge in [0.2, 0.25) is 12.3 Å². The Balaban J connectivity index is 0.00000101. The van der Waals surface area contributed by atoms with E-state index in [1.54, 1.807) is 14.0 Å². The third-order valence-electron chi connectivity index (χ3n) is 6.04. The molecule has 0 bridgehead atoms. The molecular formula is C35H52FN7O4. The summed E-state index contributed by atoms with van der Waals surface area (Å²) in [6.07, 6.45) is 3.91. The van der Waals surface area contributed by atoms with E-state index in [0.717, 1.165) is 24.5 Å². The highest BCUT2D eigenvalue weighted by Gasteiger charge is 2.35. The number of aldehydes is 1. The average molecular weight is 654 g/mol. The Morgan fingerprint density at radius 1 is 1.17 bits per heavy atom. The minimum Gasteiger partial charge on any atom is -0.396 e. The largest absolute Gasteiger partial charge is 0.396 e. The Bertz CT molecular complexity index is 1320. The molecule has 1 aliphatic rings. The van der Waals surface area contributed by atoms with Crippen LogP contribution in [-0.2, 0) is 14.4 Å². The summed E-state index contributed by atoms with van der Waals surface area (Å²) in [6, 6.07) is 13.4. The maximum atomic E-state index is 14.1. The minimum absolute atomic E-state index is 0.0439. The molecule has 0 saturated carbocycles. The lowest BCUT2D eigenvalue weighted by Crippen LogP contribution is -2.41. The van der Waals surface area contributed by atoms with Crippen molar-refractivity contribution in [3.63, 3.8) is 0 Å². The normalized spacial score (nSPS) is 15.6. The van der Waals surface area contributed by atoms with Gasteiger partial charge in [-0.05, 0) is 49.4 Å². The Hall–Kier alpha value is -4.79.